The maximum atomic E-state index is 13.3. The predicted octanol–water partition coefficient (Wildman–Crippen LogP) is 0.620. The van der Waals surface area contributed by atoms with Crippen LogP contribution in [0.3, 0.4) is 0 Å². The van der Waals surface area contributed by atoms with Crippen molar-refractivity contribution in [3.05, 3.63) is 23.8 Å². The number of urea groups is 1. The Labute approximate surface area is 177 Å². The highest BCUT2D eigenvalue weighted by atomic mass is 16.5. The number of methoxy groups -OCH3 is 1. The van der Waals surface area contributed by atoms with E-state index >= 15 is 0 Å². The molecule has 4 rings (SSSR count). The summed E-state index contributed by atoms with van der Waals surface area (Å²) in [6, 6.07) is 5.30. The number of anilines is 1. The zero-order valence-corrected chi connectivity index (χ0v) is 18.0. The van der Waals surface area contributed by atoms with Crippen LogP contribution in [-0.2, 0) is 4.79 Å². The van der Waals surface area contributed by atoms with Crippen molar-refractivity contribution in [2.24, 2.45) is 5.92 Å². The Morgan fingerprint density at radius 2 is 2.03 bits per heavy atom. The van der Waals surface area contributed by atoms with E-state index in [1.165, 1.54) is 4.90 Å². The minimum atomic E-state index is -0.461. The lowest BCUT2D eigenvalue weighted by Gasteiger charge is -2.46. The van der Waals surface area contributed by atoms with Gasteiger partial charge in [-0.3, -0.25) is 19.9 Å². The molecule has 0 bridgehead atoms. The average Bonchev–Trinajstić information content (AvgIpc) is 3.11. The number of carbonyl (C=O) groups excluding carboxylic acids is 2. The van der Waals surface area contributed by atoms with Crippen molar-refractivity contribution < 1.29 is 19.4 Å². The van der Waals surface area contributed by atoms with Crippen LogP contribution in [0.2, 0.25) is 0 Å². The molecule has 3 saturated heterocycles. The number of nitrogens with one attached hydrogen (secondary N) is 1. The van der Waals surface area contributed by atoms with Crippen LogP contribution in [-0.4, -0.2) is 90.6 Å². The molecule has 1 aromatic rings. The second-order valence-electron chi connectivity index (χ2n) is 8.52. The fourth-order valence-corrected chi connectivity index (χ4v) is 4.86. The Bertz CT molecular complexity index is 834. The van der Waals surface area contributed by atoms with Gasteiger partial charge in [0.05, 0.1) is 12.8 Å². The maximum Gasteiger partial charge on any atom is 0.327 e. The molecule has 9 nitrogen and oxygen atoms in total. The van der Waals surface area contributed by atoms with Crippen LogP contribution in [0.4, 0.5) is 10.5 Å². The number of aliphatic hydroxyl groups excluding tert-OH is 1. The molecule has 0 radical (unpaired) electrons. The summed E-state index contributed by atoms with van der Waals surface area (Å²) >= 11 is 0. The lowest BCUT2D eigenvalue weighted by Crippen LogP contribution is -2.66. The number of hydrogen-bond acceptors (Lipinski definition) is 7. The number of aliphatic hydroxyl groups is 1. The monoisotopic (exact) mass is 417 g/mol. The van der Waals surface area contributed by atoms with Crippen LogP contribution >= 0.6 is 0 Å². The van der Waals surface area contributed by atoms with E-state index in [1.807, 2.05) is 19.1 Å². The summed E-state index contributed by atoms with van der Waals surface area (Å²) < 4.78 is 5.63. The maximum absolute atomic E-state index is 13.3. The van der Waals surface area contributed by atoms with E-state index in [0.717, 1.165) is 30.1 Å². The molecule has 4 atom stereocenters. The molecule has 30 heavy (non-hydrogen) atoms. The predicted molar refractivity (Wildman–Crippen MR) is 112 cm³/mol. The third-order valence-electron chi connectivity index (χ3n) is 6.27. The number of fused-ring (bicyclic) bond motifs is 3. The third-order valence-corrected chi connectivity index (χ3v) is 6.27. The molecular formula is C21H31N5O4. The molecule has 3 heterocycles. The van der Waals surface area contributed by atoms with Crippen LogP contribution in [0.5, 0.6) is 5.75 Å². The number of carbonyl (C=O) groups is 2. The first-order valence-corrected chi connectivity index (χ1v) is 10.5. The van der Waals surface area contributed by atoms with Crippen molar-refractivity contribution in [2.45, 2.75) is 38.8 Å². The highest BCUT2D eigenvalue weighted by molar-refractivity contribution is 6.00. The number of rotatable bonds is 5. The third kappa shape index (κ3) is 3.30. The average molecular weight is 418 g/mol. The lowest BCUT2D eigenvalue weighted by atomic mass is 10.0. The highest BCUT2D eigenvalue weighted by Crippen LogP contribution is 2.38. The van der Waals surface area contributed by atoms with Crippen LogP contribution in [0.1, 0.15) is 18.9 Å². The Morgan fingerprint density at radius 3 is 2.73 bits per heavy atom. The molecule has 9 heteroatoms. The topological polar surface area (TPSA) is 88.6 Å². The first-order valence-electron chi connectivity index (χ1n) is 10.5. The van der Waals surface area contributed by atoms with E-state index in [2.05, 4.69) is 28.1 Å². The molecule has 4 unspecified atom stereocenters. The molecule has 0 saturated carbocycles. The van der Waals surface area contributed by atoms with Gasteiger partial charge in [0.15, 0.2) is 0 Å². The fourth-order valence-electron chi connectivity index (χ4n) is 4.86. The largest absolute Gasteiger partial charge is 0.495 e. The molecule has 3 aliphatic rings. The van der Waals surface area contributed by atoms with Crippen molar-refractivity contribution >= 4 is 17.6 Å². The molecule has 2 N–H and O–H groups in total. The number of amides is 3. The van der Waals surface area contributed by atoms with Crippen LogP contribution in [0.25, 0.3) is 0 Å². The molecule has 1 aromatic carbocycles. The van der Waals surface area contributed by atoms with Gasteiger partial charge in [-0.25, -0.2) is 4.79 Å². The number of likely N-dealkylation sites (N-methyl/N-ethyl adjacent to an activating group) is 1. The van der Waals surface area contributed by atoms with Crippen LogP contribution in [0, 0.1) is 12.8 Å². The minimum absolute atomic E-state index is 0.0581. The van der Waals surface area contributed by atoms with Crippen molar-refractivity contribution in [1.82, 2.24) is 20.0 Å². The highest BCUT2D eigenvalue weighted by Gasteiger charge is 2.56. The van der Waals surface area contributed by atoms with Crippen LogP contribution < -0.4 is 15.0 Å². The van der Waals surface area contributed by atoms with Crippen LogP contribution in [0.15, 0.2) is 18.2 Å². The van der Waals surface area contributed by atoms with Crippen molar-refractivity contribution in [2.75, 3.05) is 45.3 Å². The summed E-state index contributed by atoms with van der Waals surface area (Å²) in [7, 11) is 3.39. The molecule has 164 valence electrons. The smallest absolute Gasteiger partial charge is 0.327 e. The van der Waals surface area contributed by atoms with E-state index in [1.54, 1.807) is 19.1 Å². The normalized spacial score (nSPS) is 29.3. The zero-order chi connectivity index (χ0) is 21.6. The van der Waals surface area contributed by atoms with Gasteiger partial charge in [0, 0.05) is 33.3 Å². The Balaban J connectivity index is 1.69. The molecule has 0 aliphatic carbocycles. The summed E-state index contributed by atoms with van der Waals surface area (Å²) in [5.41, 5.74) is 2.10. The Kier molecular flexibility index (Phi) is 5.61. The SMILES string of the molecule is COc1ccc(C)cc1N1CC(C)CN2C3C(=O)N(CCCO)C(=O)N(C)C3NC12. The Hall–Kier alpha value is -2.36. The fraction of sp³-hybridized carbons (Fsp3) is 0.619. The number of nitrogens with zero attached hydrogens (tertiary/aromatic N) is 4. The van der Waals surface area contributed by atoms with E-state index < -0.39 is 12.2 Å². The van der Waals surface area contributed by atoms with Gasteiger partial charge >= 0.3 is 6.03 Å². The standard InChI is InChI=1S/C21H31N5O4/c1-13-6-7-16(30-4)15(10-13)25-11-14(2)12-26-17-18(22-20(25)26)23(3)21(29)24(19(17)28)8-5-9-27/h6-7,10,14,17-18,20,22,27H,5,8-9,11-12H2,1-4H3. The molecular weight excluding hydrogens is 386 g/mol. The summed E-state index contributed by atoms with van der Waals surface area (Å²) in [5.74, 6) is 0.914. The molecule has 0 aromatic heterocycles. The molecule has 3 fully saturated rings. The van der Waals surface area contributed by atoms with E-state index in [0.29, 0.717) is 12.3 Å². The second-order valence-corrected chi connectivity index (χ2v) is 8.52. The van der Waals surface area contributed by atoms with Gasteiger partial charge < -0.3 is 19.6 Å². The zero-order valence-electron chi connectivity index (χ0n) is 18.0. The quantitative estimate of drug-likeness (QED) is 0.726. The summed E-state index contributed by atoms with van der Waals surface area (Å²) in [4.78, 5) is 33.4. The van der Waals surface area contributed by atoms with E-state index in [9.17, 15) is 14.7 Å². The van der Waals surface area contributed by atoms with E-state index in [4.69, 9.17) is 4.74 Å². The summed E-state index contributed by atoms with van der Waals surface area (Å²) in [6.07, 6.45) is -0.240. The first-order chi connectivity index (χ1) is 14.4. The van der Waals surface area contributed by atoms with E-state index in [-0.39, 0.29) is 31.4 Å². The lowest BCUT2D eigenvalue weighted by molar-refractivity contribution is -0.139. The minimum Gasteiger partial charge on any atom is -0.495 e. The van der Waals surface area contributed by atoms with Crippen molar-refractivity contribution in [3.8, 4) is 5.75 Å². The number of ether oxygens (including phenoxy) is 1. The van der Waals surface area contributed by atoms with Gasteiger partial charge in [0.1, 0.15) is 24.2 Å². The summed E-state index contributed by atoms with van der Waals surface area (Å²) in [6.45, 7) is 5.96. The number of hydrogen-bond donors (Lipinski definition) is 2. The molecule has 3 aliphatic heterocycles. The number of benzene rings is 1. The van der Waals surface area contributed by atoms with Gasteiger partial charge in [0.2, 0.25) is 0 Å². The molecule has 0 spiro atoms. The van der Waals surface area contributed by atoms with Crippen molar-refractivity contribution in [1.29, 1.82) is 0 Å². The Morgan fingerprint density at radius 1 is 1.27 bits per heavy atom. The van der Waals surface area contributed by atoms with Gasteiger partial charge in [0.25, 0.3) is 5.91 Å². The van der Waals surface area contributed by atoms with Gasteiger partial charge in [-0.1, -0.05) is 13.0 Å². The van der Waals surface area contributed by atoms with Gasteiger partial charge in [-0.15, -0.1) is 0 Å². The number of aryl methyl sites for hydroxylation is 1. The van der Waals surface area contributed by atoms with Crippen molar-refractivity contribution in [3.63, 3.8) is 0 Å². The first kappa shape index (κ1) is 20.9. The second kappa shape index (κ2) is 8.05. The van der Waals surface area contributed by atoms with Gasteiger partial charge in [-0.05, 0) is 37.0 Å². The molecule has 3 amide bonds. The summed E-state index contributed by atoms with van der Waals surface area (Å²) in [5, 5.41) is 12.7. The number of imide groups is 1. The van der Waals surface area contributed by atoms with Gasteiger partial charge in [-0.2, -0.15) is 0 Å².